The van der Waals surface area contributed by atoms with E-state index in [0.717, 1.165) is 6.42 Å². The van der Waals surface area contributed by atoms with E-state index >= 15 is 0 Å². The molecule has 1 nitrogen and oxygen atoms in total. The molecule has 0 aliphatic heterocycles. The highest BCUT2D eigenvalue weighted by Gasteiger charge is 2.26. The molecule has 0 amide bonds. The van der Waals surface area contributed by atoms with Crippen molar-refractivity contribution in [3.63, 3.8) is 0 Å². The average molecular weight is 138 g/mol. The molecule has 1 aliphatic carbocycles. The molecule has 1 unspecified atom stereocenters. The zero-order valence-electron chi connectivity index (χ0n) is 6.43. The van der Waals surface area contributed by atoms with Crippen LogP contribution in [0.1, 0.15) is 32.6 Å². The third-order valence-electron chi connectivity index (χ3n) is 2.22. The van der Waals surface area contributed by atoms with Crippen molar-refractivity contribution in [3.8, 4) is 12.3 Å². The molecule has 10 heavy (non-hydrogen) atoms. The molecule has 0 heterocycles. The third kappa shape index (κ3) is 1.75. The number of terminal acetylenes is 1. The Morgan fingerprint density at radius 1 is 1.70 bits per heavy atom. The lowest BCUT2D eigenvalue weighted by Crippen LogP contribution is -2.28. The summed E-state index contributed by atoms with van der Waals surface area (Å²) in [5.41, 5.74) is -0.856. The van der Waals surface area contributed by atoms with Crippen LogP contribution in [0.5, 0.6) is 0 Å². The molecule has 0 saturated heterocycles. The lowest BCUT2D eigenvalue weighted by molar-refractivity contribution is 0.0729. The Balaban J connectivity index is 2.30. The van der Waals surface area contributed by atoms with Crippen molar-refractivity contribution >= 4 is 0 Å². The van der Waals surface area contributed by atoms with E-state index in [0.29, 0.717) is 5.92 Å². The van der Waals surface area contributed by atoms with Gasteiger partial charge in [-0.2, -0.15) is 0 Å². The Morgan fingerprint density at radius 2 is 2.30 bits per heavy atom. The van der Waals surface area contributed by atoms with Gasteiger partial charge in [-0.05, 0) is 19.3 Å². The summed E-state index contributed by atoms with van der Waals surface area (Å²) >= 11 is 0. The van der Waals surface area contributed by atoms with Crippen molar-refractivity contribution in [2.45, 2.75) is 38.2 Å². The van der Waals surface area contributed by atoms with Crippen molar-refractivity contribution in [2.24, 2.45) is 5.92 Å². The summed E-state index contributed by atoms with van der Waals surface area (Å²) in [4.78, 5) is 0. The minimum atomic E-state index is -0.856. The van der Waals surface area contributed by atoms with Gasteiger partial charge in [0.15, 0.2) is 0 Å². The van der Waals surface area contributed by atoms with Gasteiger partial charge >= 0.3 is 0 Å². The molecule has 0 aromatic heterocycles. The van der Waals surface area contributed by atoms with Crippen LogP contribution < -0.4 is 0 Å². The van der Waals surface area contributed by atoms with Gasteiger partial charge in [0.05, 0.1) is 0 Å². The van der Waals surface area contributed by atoms with Crippen LogP contribution in [0.3, 0.4) is 0 Å². The Kier molecular flexibility index (Phi) is 2.01. The fourth-order valence-electron chi connectivity index (χ4n) is 1.32. The van der Waals surface area contributed by atoms with E-state index in [-0.39, 0.29) is 0 Å². The molecular formula is C9H14O. The molecule has 0 bridgehead atoms. The molecule has 1 N–H and O–H groups in total. The van der Waals surface area contributed by atoms with Crippen molar-refractivity contribution < 1.29 is 5.11 Å². The number of hydrogen-bond donors (Lipinski definition) is 1. The van der Waals surface area contributed by atoms with Crippen LogP contribution in [-0.2, 0) is 0 Å². The summed E-state index contributed by atoms with van der Waals surface area (Å²) in [6, 6.07) is 0. The lowest BCUT2D eigenvalue weighted by Gasteiger charge is -2.30. The van der Waals surface area contributed by atoms with Crippen LogP contribution in [0.15, 0.2) is 0 Å². The number of hydrogen-bond acceptors (Lipinski definition) is 1. The first kappa shape index (κ1) is 7.63. The van der Waals surface area contributed by atoms with Gasteiger partial charge in [0.1, 0.15) is 5.60 Å². The summed E-state index contributed by atoms with van der Waals surface area (Å²) in [7, 11) is 0. The maximum Gasteiger partial charge on any atom is 0.122 e. The monoisotopic (exact) mass is 138 g/mol. The summed E-state index contributed by atoms with van der Waals surface area (Å²) < 4.78 is 0. The molecule has 1 atom stereocenters. The van der Waals surface area contributed by atoms with Crippen molar-refractivity contribution in [2.75, 3.05) is 0 Å². The van der Waals surface area contributed by atoms with Crippen LogP contribution >= 0.6 is 0 Å². The molecule has 1 aliphatic rings. The van der Waals surface area contributed by atoms with Crippen LogP contribution in [-0.4, -0.2) is 10.7 Å². The maximum absolute atomic E-state index is 9.42. The Labute approximate surface area is 62.4 Å². The first-order valence-electron chi connectivity index (χ1n) is 3.84. The van der Waals surface area contributed by atoms with Crippen LogP contribution in [0.25, 0.3) is 0 Å². The van der Waals surface area contributed by atoms with Gasteiger partial charge in [0.25, 0.3) is 0 Å². The molecule has 1 saturated carbocycles. The van der Waals surface area contributed by atoms with E-state index in [1.54, 1.807) is 6.92 Å². The highest BCUT2D eigenvalue weighted by Crippen LogP contribution is 2.33. The predicted octanol–water partition coefficient (Wildman–Crippen LogP) is 1.56. The van der Waals surface area contributed by atoms with Crippen molar-refractivity contribution in [1.29, 1.82) is 0 Å². The van der Waals surface area contributed by atoms with Gasteiger partial charge in [0, 0.05) is 0 Å². The molecule has 56 valence electrons. The fraction of sp³-hybridized carbons (Fsp3) is 0.778. The lowest BCUT2D eigenvalue weighted by atomic mass is 9.78. The van der Waals surface area contributed by atoms with Crippen LogP contribution in [0.2, 0.25) is 0 Å². The standard InChI is InChI=1S/C9H14O/c1-3-9(2,10)7-8-5-4-6-8/h1,8,10H,4-7H2,2H3. The van der Waals surface area contributed by atoms with E-state index in [1.165, 1.54) is 19.3 Å². The quantitative estimate of drug-likeness (QED) is 0.574. The van der Waals surface area contributed by atoms with E-state index in [4.69, 9.17) is 6.42 Å². The van der Waals surface area contributed by atoms with Gasteiger partial charge < -0.3 is 5.11 Å². The normalized spacial score (nSPS) is 24.5. The fourth-order valence-corrected chi connectivity index (χ4v) is 1.32. The molecule has 0 aromatic rings. The van der Waals surface area contributed by atoms with E-state index in [1.807, 2.05) is 0 Å². The second-order valence-electron chi connectivity index (χ2n) is 3.42. The van der Waals surface area contributed by atoms with Gasteiger partial charge in [-0.1, -0.05) is 25.2 Å². The van der Waals surface area contributed by atoms with E-state index in [9.17, 15) is 5.11 Å². The SMILES string of the molecule is C#CC(C)(O)CC1CCC1. The molecule has 0 aromatic carbocycles. The number of aliphatic hydroxyl groups is 1. The zero-order valence-corrected chi connectivity index (χ0v) is 6.43. The zero-order chi connectivity index (χ0) is 7.61. The minimum absolute atomic E-state index is 0.686. The van der Waals surface area contributed by atoms with Crippen LogP contribution in [0.4, 0.5) is 0 Å². The third-order valence-corrected chi connectivity index (χ3v) is 2.22. The second kappa shape index (κ2) is 2.64. The molecular weight excluding hydrogens is 124 g/mol. The molecule has 0 radical (unpaired) electrons. The summed E-state index contributed by atoms with van der Waals surface area (Å²) in [6.07, 6.45) is 9.72. The molecule has 0 spiro atoms. The van der Waals surface area contributed by atoms with Gasteiger partial charge in [0.2, 0.25) is 0 Å². The van der Waals surface area contributed by atoms with Gasteiger partial charge in [-0.3, -0.25) is 0 Å². The first-order chi connectivity index (χ1) is 4.64. The predicted molar refractivity (Wildman–Crippen MR) is 41.4 cm³/mol. The van der Waals surface area contributed by atoms with Crippen molar-refractivity contribution in [3.05, 3.63) is 0 Å². The Morgan fingerprint density at radius 3 is 2.60 bits per heavy atom. The molecule has 1 fully saturated rings. The minimum Gasteiger partial charge on any atom is -0.378 e. The molecule has 1 heteroatoms. The largest absolute Gasteiger partial charge is 0.378 e. The summed E-state index contributed by atoms with van der Waals surface area (Å²) in [5, 5.41) is 9.42. The summed E-state index contributed by atoms with van der Waals surface area (Å²) in [6.45, 7) is 1.71. The van der Waals surface area contributed by atoms with E-state index < -0.39 is 5.60 Å². The van der Waals surface area contributed by atoms with Gasteiger partial charge in [-0.15, -0.1) is 6.42 Å². The average Bonchev–Trinajstić information content (AvgIpc) is 1.80. The Bertz CT molecular complexity index is 149. The maximum atomic E-state index is 9.42. The molecule has 1 rings (SSSR count). The topological polar surface area (TPSA) is 20.2 Å². The van der Waals surface area contributed by atoms with Crippen LogP contribution in [0, 0.1) is 18.3 Å². The number of rotatable bonds is 2. The smallest absolute Gasteiger partial charge is 0.122 e. The highest BCUT2D eigenvalue weighted by atomic mass is 16.3. The summed E-state index contributed by atoms with van der Waals surface area (Å²) in [5.74, 6) is 3.08. The second-order valence-corrected chi connectivity index (χ2v) is 3.42. The first-order valence-corrected chi connectivity index (χ1v) is 3.84. The highest BCUT2D eigenvalue weighted by molar-refractivity contribution is 5.05. The van der Waals surface area contributed by atoms with Crippen molar-refractivity contribution in [1.82, 2.24) is 0 Å². The van der Waals surface area contributed by atoms with E-state index in [2.05, 4.69) is 5.92 Å². The van der Waals surface area contributed by atoms with Gasteiger partial charge in [-0.25, -0.2) is 0 Å². The Hall–Kier alpha value is -0.480.